The molecular weight excluding hydrogens is 289 g/mol. The third kappa shape index (κ3) is 1.97. The van der Waals surface area contributed by atoms with Crippen LogP contribution in [0.4, 0.5) is 0 Å². The Bertz CT molecular complexity index is 296. The molecule has 1 aliphatic heterocycles. The standard InChI is InChI=1S/C11H16INO/c1-11(2)7-9(11)10(14)13-5-3-8(12)4-6-13/h3,9H,4-7H2,1-2H3. The van der Waals surface area contributed by atoms with Gasteiger partial charge in [-0.1, -0.05) is 19.9 Å². The fourth-order valence-electron chi connectivity index (χ4n) is 1.95. The van der Waals surface area contributed by atoms with Gasteiger partial charge in [0, 0.05) is 19.0 Å². The molecule has 0 saturated heterocycles. The molecule has 1 fully saturated rings. The topological polar surface area (TPSA) is 20.3 Å². The van der Waals surface area contributed by atoms with Crippen LogP contribution >= 0.6 is 22.6 Å². The highest BCUT2D eigenvalue weighted by Crippen LogP contribution is 2.52. The predicted molar refractivity (Wildman–Crippen MR) is 65.2 cm³/mol. The second kappa shape index (κ2) is 3.51. The number of hydrogen-bond acceptors (Lipinski definition) is 1. The van der Waals surface area contributed by atoms with Crippen molar-refractivity contribution in [3.05, 3.63) is 9.66 Å². The third-order valence-corrected chi connectivity index (χ3v) is 4.26. The number of hydrogen-bond donors (Lipinski definition) is 0. The molecule has 1 amide bonds. The summed E-state index contributed by atoms with van der Waals surface area (Å²) in [7, 11) is 0. The van der Waals surface area contributed by atoms with Crippen LogP contribution in [-0.2, 0) is 4.79 Å². The highest BCUT2D eigenvalue weighted by Gasteiger charge is 2.51. The lowest BCUT2D eigenvalue weighted by Crippen LogP contribution is -2.36. The molecule has 0 aromatic rings. The van der Waals surface area contributed by atoms with Gasteiger partial charge in [0.1, 0.15) is 0 Å². The van der Waals surface area contributed by atoms with Gasteiger partial charge in [-0.2, -0.15) is 0 Å². The summed E-state index contributed by atoms with van der Waals surface area (Å²) >= 11 is 2.35. The molecule has 1 unspecified atom stereocenters. The zero-order valence-corrected chi connectivity index (χ0v) is 10.9. The van der Waals surface area contributed by atoms with Crippen LogP contribution in [0.3, 0.4) is 0 Å². The molecule has 0 bridgehead atoms. The number of halogens is 1. The monoisotopic (exact) mass is 305 g/mol. The van der Waals surface area contributed by atoms with E-state index in [1.165, 1.54) is 3.58 Å². The Morgan fingerprint density at radius 2 is 2.29 bits per heavy atom. The second-order valence-electron chi connectivity index (χ2n) is 4.93. The summed E-state index contributed by atoms with van der Waals surface area (Å²) < 4.78 is 1.39. The van der Waals surface area contributed by atoms with Crippen LogP contribution in [0.5, 0.6) is 0 Å². The molecule has 0 aromatic heterocycles. The van der Waals surface area contributed by atoms with Crippen LogP contribution in [0.1, 0.15) is 26.7 Å². The number of amides is 1. The SMILES string of the molecule is CC1(C)CC1C(=O)N1CC=C(I)CC1. The van der Waals surface area contributed by atoms with Crippen LogP contribution in [-0.4, -0.2) is 23.9 Å². The summed E-state index contributed by atoms with van der Waals surface area (Å²) in [6.45, 7) is 6.10. The molecule has 2 aliphatic rings. The fraction of sp³-hybridized carbons (Fsp3) is 0.727. The van der Waals surface area contributed by atoms with E-state index in [0.717, 1.165) is 25.9 Å². The first kappa shape index (κ1) is 10.5. The van der Waals surface area contributed by atoms with Crippen LogP contribution in [0.15, 0.2) is 9.66 Å². The summed E-state index contributed by atoms with van der Waals surface area (Å²) in [5.41, 5.74) is 0.269. The van der Waals surface area contributed by atoms with E-state index in [1.807, 2.05) is 4.90 Å². The average molecular weight is 305 g/mol. The molecule has 0 aromatic carbocycles. The molecule has 1 aliphatic carbocycles. The van der Waals surface area contributed by atoms with E-state index in [4.69, 9.17) is 0 Å². The van der Waals surface area contributed by atoms with Crippen molar-refractivity contribution in [2.24, 2.45) is 11.3 Å². The van der Waals surface area contributed by atoms with E-state index in [9.17, 15) is 4.79 Å². The van der Waals surface area contributed by atoms with Crippen LogP contribution in [0, 0.1) is 11.3 Å². The van der Waals surface area contributed by atoms with Crippen molar-refractivity contribution in [3.8, 4) is 0 Å². The summed E-state index contributed by atoms with van der Waals surface area (Å²) in [5, 5.41) is 0. The van der Waals surface area contributed by atoms with Crippen molar-refractivity contribution in [2.75, 3.05) is 13.1 Å². The fourth-order valence-corrected chi connectivity index (χ4v) is 2.39. The quantitative estimate of drug-likeness (QED) is 0.682. The largest absolute Gasteiger partial charge is 0.338 e. The van der Waals surface area contributed by atoms with Crippen molar-refractivity contribution in [1.29, 1.82) is 0 Å². The highest BCUT2D eigenvalue weighted by molar-refractivity contribution is 14.1. The lowest BCUT2D eigenvalue weighted by Gasteiger charge is -2.25. The maximum Gasteiger partial charge on any atom is 0.226 e. The molecule has 1 heterocycles. The van der Waals surface area contributed by atoms with Crippen molar-refractivity contribution >= 4 is 28.5 Å². The lowest BCUT2D eigenvalue weighted by atomic mass is 10.1. The highest BCUT2D eigenvalue weighted by atomic mass is 127. The zero-order chi connectivity index (χ0) is 10.3. The van der Waals surface area contributed by atoms with Gasteiger partial charge >= 0.3 is 0 Å². The Hall–Kier alpha value is -0.0600. The first-order valence-corrected chi connectivity index (χ1v) is 6.22. The van der Waals surface area contributed by atoms with E-state index in [-0.39, 0.29) is 5.41 Å². The Morgan fingerprint density at radius 3 is 2.71 bits per heavy atom. The maximum absolute atomic E-state index is 12.0. The first-order chi connectivity index (χ1) is 6.50. The van der Waals surface area contributed by atoms with Gasteiger partial charge in [0.25, 0.3) is 0 Å². The molecule has 0 N–H and O–H groups in total. The molecule has 2 nitrogen and oxygen atoms in total. The molecular formula is C11H16INO. The summed E-state index contributed by atoms with van der Waals surface area (Å²) in [6.07, 6.45) is 4.28. The Labute approximate surface area is 98.9 Å². The van der Waals surface area contributed by atoms with Crippen molar-refractivity contribution in [1.82, 2.24) is 4.90 Å². The van der Waals surface area contributed by atoms with Crippen LogP contribution in [0.2, 0.25) is 0 Å². The summed E-state index contributed by atoms with van der Waals surface area (Å²) in [6, 6.07) is 0. The molecule has 0 radical (unpaired) electrons. The van der Waals surface area contributed by atoms with Gasteiger partial charge in [-0.15, -0.1) is 0 Å². The maximum atomic E-state index is 12.0. The Balaban J connectivity index is 1.95. The van der Waals surface area contributed by atoms with E-state index >= 15 is 0 Å². The van der Waals surface area contributed by atoms with E-state index in [1.54, 1.807) is 0 Å². The van der Waals surface area contributed by atoms with Gasteiger partial charge in [-0.3, -0.25) is 4.79 Å². The number of carbonyl (C=O) groups is 1. The lowest BCUT2D eigenvalue weighted by molar-refractivity contribution is -0.132. The molecule has 78 valence electrons. The van der Waals surface area contributed by atoms with Gasteiger partial charge in [-0.05, 0) is 44.4 Å². The van der Waals surface area contributed by atoms with Crippen LogP contribution in [0.25, 0.3) is 0 Å². The molecule has 1 saturated carbocycles. The van der Waals surface area contributed by atoms with E-state index in [0.29, 0.717) is 11.8 Å². The minimum Gasteiger partial charge on any atom is -0.338 e. The normalized spacial score (nSPS) is 29.8. The Morgan fingerprint density at radius 1 is 1.64 bits per heavy atom. The van der Waals surface area contributed by atoms with Gasteiger partial charge in [0.05, 0.1) is 0 Å². The minimum absolute atomic E-state index is 0.269. The second-order valence-corrected chi connectivity index (χ2v) is 6.32. The van der Waals surface area contributed by atoms with Gasteiger partial charge in [-0.25, -0.2) is 0 Å². The smallest absolute Gasteiger partial charge is 0.226 e. The number of nitrogens with zero attached hydrogens (tertiary/aromatic N) is 1. The Kier molecular flexibility index (Phi) is 2.62. The molecule has 1 atom stereocenters. The predicted octanol–water partition coefficient (Wildman–Crippen LogP) is 2.58. The third-order valence-electron chi connectivity index (χ3n) is 3.28. The zero-order valence-electron chi connectivity index (χ0n) is 8.72. The average Bonchev–Trinajstić information content (AvgIpc) is 2.75. The van der Waals surface area contributed by atoms with Crippen molar-refractivity contribution < 1.29 is 4.79 Å². The van der Waals surface area contributed by atoms with Crippen molar-refractivity contribution in [2.45, 2.75) is 26.7 Å². The van der Waals surface area contributed by atoms with Crippen LogP contribution < -0.4 is 0 Å². The minimum atomic E-state index is 0.269. The summed E-state index contributed by atoms with van der Waals surface area (Å²) in [4.78, 5) is 14.0. The van der Waals surface area contributed by atoms with E-state index < -0.39 is 0 Å². The number of carbonyl (C=O) groups excluding carboxylic acids is 1. The van der Waals surface area contributed by atoms with Gasteiger partial charge < -0.3 is 4.90 Å². The molecule has 3 heteroatoms. The number of rotatable bonds is 1. The molecule has 0 spiro atoms. The first-order valence-electron chi connectivity index (χ1n) is 5.14. The summed E-state index contributed by atoms with van der Waals surface area (Å²) in [5.74, 6) is 0.668. The van der Waals surface area contributed by atoms with Gasteiger partial charge in [0.2, 0.25) is 5.91 Å². The van der Waals surface area contributed by atoms with Gasteiger partial charge in [0.15, 0.2) is 0 Å². The molecule has 2 rings (SSSR count). The molecule has 14 heavy (non-hydrogen) atoms. The van der Waals surface area contributed by atoms with Crippen molar-refractivity contribution in [3.63, 3.8) is 0 Å². The van der Waals surface area contributed by atoms with E-state index in [2.05, 4.69) is 42.5 Å².